The minimum atomic E-state index is -3.18. The molecule has 0 aliphatic rings. The molecule has 166 valence electrons. The third-order valence-electron chi connectivity index (χ3n) is 4.26. The first kappa shape index (κ1) is 22.6. The number of amides is 1. The Morgan fingerprint density at radius 2 is 1.97 bits per heavy atom. The Labute approximate surface area is 179 Å². The maximum Gasteiger partial charge on any atom is 0.283 e. The summed E-state index contributed by atoms with van der Waals surface area (Å²) in [7, 11) is 0. The number of anilines is 1. The zero-order valence-corrected chi connectivity index (χ0v) is 17.2. The first-order chi connectivity index (χ1) is 14.7. The maximum atomic E-state index is 13.2. The number of carbonyl (C=O) groups excluding carboxylic acids is 1. The smallest absolute Gasteiger partial charge is 0.283 e. The number of rotatable bonds is 8. The fourth-order valence-electron chi connectivity index (χ4n) is 2.87. The molecule has 0 radical (unpaired) electrons. The van der Waals surface area contributed by atoms with Gasteiger partial charge in [0, 0.05) is 0 Å². The Morgan fingerprint density at radius 1 is 1.23 bits per heavy atom. The van der Waals surface area contributed by atoms with E-state index in [-0.39, 0.29) is 12.4 Å². The lowest BCUT2D eigenvalue weighted by molar-refractivity contribution is -0.117. The second-order valence-electron chi connectivity index (χ2n) is 6.70. The lowest BCUT2D eigenvalue weighted by Crippen LogP contribution is -2.21. The van der Waals surface area contributed by atoms with Crippen molar-refractivity contribution >= 4 is 23.2 Å². The van der Waals surface area contributed by atoms with E-state index in [9.17, 15) is 22.4 Å². The summed E-state index contributed by atoms with van der Waals surface area (Å²) >= 11 is 5.57. The van der Waals surface area contributed by atoms with Crippen molar-refractivity contribution in [3.05, 3.63) is 58.1 Å². The van der Waals surface area contributed by atoms with Crippen LogP contribution in [0.25, 0.3) is 0 Å². The van der Waals surface area contributed by atoms with E-state index in [0.717, 1.165) is 11.1 Å². The van der Waals surface area contributed by atoms with Gasteiger partial charge in [0.2, 0.25) is 5.91 Å². The van der Waals surface area contributed by atoms with Crippen LogP contribution in [0.3, 0.4) is 0 Å². The van der Waals surface area contributed by atoms with E-state index in [2.05, 4.69) is 15.5 Å². The molecule has 0 saturated carbocycles. The van der Waals surface area contributed by atoms with Crippen molar-refractivity contribution in [1.82, 2.24) is 19.6 Å². The van der Waals surface area contributed by atoms with Gasteiger partial charge >= 0.3 is 0 Å². The van der Waals surface area contributed by atoms with Gasteiger partial charge in [0.1, 0.15) is 23.7 Å². The van der Waals surface area contributed by atoms with Gasteiger partial charge in [-0.2, -0.15) is 10.2 Å². The minimum Gasteiger partial charge on any atom is -0.471 e. The van der Waals surface area contributed by atoms with Gasteiger partial charge < -0.3 is 10.1 Å². The molecule has 0 aliphatic carbocycles. The number of nitrogens with one attached hydrogen (secondary N) is 1. The van der Waals surface area contributed by atoms with Gasteiger partial charge in [-0.15, -0.1) is 0 Å². The molecule has 0 atom stereocenters. The van der Waals surface area contributed by atoms with E-state index in [1.807, 2.05) is 32.0 Å². The third-order valence-corrected chi connectivity index (χ3v) is 4.65. The van der Waals surface area contributed by atoms with Gasteiger partial charge in [-0.05, 0) is 25.5 Å². The van der Waals surface area contributed by atoms with Crippen LogP contribution in [-0.2, 0) is 18.1 Å². The van der Waals surface area contributed by atoms with Crippen LogP contribution in [0.1, 0.15) is 35.4 Å². The second-order valence-corrected chi connectivity index (χ2v) is 7.08. The van der Waals surface area contributed by atoms with Crippen LogP contribution in [0.4, 0.5) is 23.2 Å². The van der Waals surface area contributed by atoms with Crippen LogP contribution in [0, 0.1) is 13.8 Å². The molecule has 31 heavy (non-hydrogen) atoms. The molecule has 0 saturated heterocycles. The number of alkyl halides is 4. The van der Waals surface area contributed by atoms with Gasteiger partial charge in [0.25, 0.3) is 12.9 Å². The number of hydrogen-bond donors (Lipinski definition) is 1. The largest absolute Gasteiger partial charge is 0.471 e. The monoisotopic (exact) mass is 459 g/mol. The molecule has 2 heterocycles. The average Bonchev–Trinajstić information content (AvgIpc) is 3.24. The lowest BCUT2D eigenvalue weighted by atomic mass is 10.1. The highest BCUT2D eigenvalue weighted by atomic mass is 35.5. The van der Waals surface area contributed by atoms with Crippen molar-refractivity contribution in [3.8, 4) is 5.75 Å². The summed E-state index contributed by atoms with van der Waals surface area (Å²) in [6.45, 7) is 3.22. The summed E-state index contributed by atoms with van der Waals surface area (Å²) < 4.78 is 59.7. The Morgan fingerprint density at radius 3 is 2.61 bits per heavy atom. The first-order valence-electron chi connectivity index (χ1n) is 9.00. The van der Waals surface area contributed by atoms with Crippen LogP contribution in [-0.4, -0.2) is 25.5 Å². The minimum absolute atomic E-state index is 0.0712. The maximum absolute atomic E-state index is 13.2. The van der Waals surface area contributed by atoms with Crippen LogP contribution >= 0.6 is 11.6 Å². The molecule has 7 nitrogen and oxygen atoms in total. The average molecular weight is 460 g/mol. The van der Waals surface area contributed by atoms with Gasteiger partial charge in [-0.1, -0.05) is 29.3 Å². The number of aryl methyl sites for hydroxylation is 2. The van der Waals surface area contributed by atoms with Crippen molar-refractivity contribution in [2.45, 2.75) is 40.0 Å². The van der Waals surface area contributed by atoms with Crippen LogP contribution in [0.15, 0.2) is 30.6 Å². The molecule has 0 aliphatic heterocycles. The Hall–Kier alpha value is -3.08. The van der Waals surface area contributed by atoms with Crippen molar-refractivity contribution in [2.75, 3.05) is 5.32 Å². The highest BCUT2D eigenvalue weighted by Gasteiger charge is 2.28. The van der Waals surface area contributed by atoms with E-state index in [0.29, 0.717) is 10.4 Å². The molecule has 3 rings (SSSR count). The normalized spacial score (nSPS) is 11.4. The van der Waals surface area contributed by atoms with Crippen molar-refractivity contribution < 1.29 is 27.1 Å². The number of carbonyl (C=O) groups is 1. The van der Waals surface area contributed by atoms with E-state index in [4.69, 9.17) is 16.3 Å². The van der Waals surface area contributed by atoms with Gasteiger partial charge in [-0.3, -0.25) is 9.48 Å². The number of hydrogen-bond acceptors (Lipinski definition) is 4. The van der Waals surface area contributed by atoms with E-state index in [1.165, 1.54) is 17.1 Å². The van der Waals surface area contributed by atoms with E-state index < -0.39 is 41.7 Å². The van der Waals surface area contributed by atoms with Gasteiger partial charge in [0.15, 0.2) is 6.73 Å². The third kappa shape index (κ3) is 5.35. The summed E-state index contributed by atoms with van der Waals surface area (Å²) in [5.41, 5.74) is 0.380. The number of aromatic nitrogens is 4. The van der Waals surface area contributed by atoms with Crippen LogP contribution in [0.5, 0.6) is 5.75 Å². The van der Waals surface area contributed by atoms with Crippen molar-refractivity contribution in [3.63, 3.8) is 0 Å². The molecule has 0 bridgehead atoms. The lowest BCUT2D eigenvalue weighted by Gasteiger charge is -2.09. The highest BCUT2D eigenvalue weighted by Crippen LogP contribution is 2.34. The topological polar surface area (TPSA) is 74.0 Å². The van der Waals surface area contributed by atoms with Gasteiger partial charge in [0.05, 0.1) is 23.1 Å². The second kappa shape index (κ2) is 9.38. The molecule has 1 aromatic carbocycles. The predicted molar refractivity (Wildman–Crippen MR) is 105 cm³/mol. The molecule has 0 spiro atoms. The summed E-state index contributed by atoms with van der Waals surface area (Å²) in [6.07, 6.45) is -3.52. The summed E-state index contributed by atoms with van der Waals surface area (Å²) in [5.74, 6) is -0.0895. The van der Waals surface area contributed by atoms with Gasteiger partial charge in [-0.25, -0.2) is 22.2 Å². The summed E-state index contributed by atoms with van der Waals surface area (Å²) in [5, 5.41) is 8.97. The zero-order chi connectivity index (χ0) is 22.7. The fraction of sp³-hybridized carbons (Fsp3) is 0.316. The highest BCUT2D eigenvalue weighted by molar-refractivity contribution is 6.32. The number of ether oxygens (including phenoxy) is 1. The molecule has 1 amide bonds. The summed E-state index contributed by atoms with van der Waals surface area (Å²) in [6, 6.07) is 5.71. The standard InChI is InChI=1S/C19H18ClF4N5O2/c1-10-3-4-13(11(2)5-10)31-9-28-7-12(6-25-28)26-14(30)8-29-17(19(23)24)15(20)16(27-29)18(21)22/h3-7,18-19H,8-9H2,1-2H3,(H,26,30). The van der Waals surface area contributed by atoms with E-state index >= 15 is 0 Å². The van der Waals surface area contributed by atoms with Crippen LogP contribution < -0.4 is 10.1 Å². The predicted octanol–water partition coefficient (Wildman–Crippen LogP) is 4.90. The zero-order valence-electron chi connectivity index (χ0n) is 16.5. The molecule has 1 N–H and O–H groups in total. The number of halogens is 5. The quantitative estimate of drug-likeness (QED) is 0.486. The Kier molecular flexibility index (Phi) is 6.84. The number of nitrogens with zero attached hydrogens (tertiary/aromatic N) is 4. The van der Waals surface area contributed by atoms with Crippen molar-refractivity contribution in [2.24, 2.45) is 0 Å². The van der Waals surface area contributed by atoms with E-state index in [1.54, 1.807) is 0 Å². The Balaban J connectivity index is 1.63. The molecular formula is C19H18ClF4N5O2. The first-order valence-corrected chi connectivity index (χ1v) is 9.38. The SMILES string of the molecule is Cc1ccc(OCn2cc(NC(=O)Cn3nc(C(F)F)c(Cl)c3C(F)F)cn2)c(C)c1. The molecular weight excluding hydrogens is 442 g/mol. The molecule has 3 aromatic rings. The molecule has 12 heteroatoms. The molecule has 0 fully saturated rings. The van der Waals surface area contributed by atoms with Crippen molar-refractivity contribution in [1.29, 1.82) is 0 Å². The fourth-order valence-corrected chi connectivity index (χ4v) is 3.17. The van der Waals surface area contributed by atoms with Crippen LogP contribution in [0.2, 0.25) is 5.02 Å². The number of benzene rings is 1. The summed E-state index contributed by atoms with van der Waals surface area (Å²) in [4.78, 5) is 12.2. The Bertz CT molecular complexity index is 1080. The molecule has 0 unspecified atom stereocenters. The molecule has 2 aromatic heterocycles.